The van der Waals surface area contributed by atoms with Crippen molar-refractivity contribution in [2.75, 3.05) is 6.54 Å². The minimum absolute atomic E-state index is 0.140. The molecule has 1 aromatic carbocycles. The van der Waals surface area contributed by atoms with E-state index in [0.29, 0.717) is 17.7 Å². The topological polar surface area (TPSA) is 55.5 Å². The molecule has 2 fully saturated rings. The van der Waals surface area contributed by atoms with Crippen LogP contribution in [0.25, 0.3) is 0 Å². The molecule has 2 aliphatic rings. The highest BCUT2D eigenvalue weighted by Crippen LogP contribution is 2.49. The molecular weight excluding hydrogens is 250 g/mol. The molecule has 0 bridgehead atoms. The number of rotatable bonds is 4. The molecule has 2 aliphatic carbocycles. The Morgan fingerprint density at radius 3 is 2.60 bits per heavy atom. The van der Waals surface area contributed by atoms with E-state index in [1.165, 1.54) is 12.0 Å². The zero-order valence-electron chi connectivity index (χ0n) is 12.5. The summed E-state index contributed by atoms with van der Waals surface area (Å²) in [5.74, 6) is 0.871. The summed E-state index contributed by atoms with van der Waals surface area (Å²) in [5, 5.41) is 10.0. The normalized spacial score (nSPS) is 26.4. The van der Waals surface area contributed by atoms with Crippen LogP contribution in [0, 0.1) is 5.41 Å². The number of hydrogen-bond donors (Lipinski definition) is 2. The van der Waals surface area contributed by atoms with Crippen molar-refractivity contribution in [3.8, 4) is 11.5 Å². The minimum atomic E-state index is 0.140. The first kappa shape index (κ1) is 13.7. The van der Waals surface area contributed by atoms with Gasteiger partial charge in [-0.1, -0.05) is 19.9 Å². The lowest BCUT2D eigenvalue weighted by molar-refractivity contribution is 0.186. The van der Waals surface area contributed by atoms with Gasteiger partial charge < -0.3 is 15.6 Å². The summed E-state index contributed by atoms with van der Waals surface area (Å²) >= 11 is 0. The van der Waals surface area contributed by atoms with Crippen molar-refractivity contribution < 1.29 is 9.84 Å². The molecule has 0 aromatic heterocycles. The van der Waals surface area contributed by atoms with E-state index in [-0.39, 0.29) is 17.3 Å². The Labute approximate surface area is 121 Å². The first-order valence-corrected chi connectivity index (χ1v) is 7.64. The predicted octanol–water partition coefficient (Wildman–Crippen LogP) is 3.34. The van der Waals surface area contributed by atoms with Gasteiger partial charge in [0.2, 0.25) is 0 Å². The maximum atomic E-state index is 10.0. The largest absolute Gasteiger partial charge is 0.504 e. The summed E-state index contributed by atoms with van der Waals surface area (Å²) in [6, 6.07) is 5.74. The Balaban J connectivity index is 1.78. The number of nitrogens with two attached hydrogens (primary N) is 1. The second-order valence-electron chi connectivity index (χ2n) is 7.31. The lowest BCUT2D eigenvalue weighted by Crippen LogP contribution is -2.20. The molecule has 3 heteroatoms. The second kappa shape index (κ2) is 4.66. The van der Waals surface area contributed by atoms with Crippen LogP contribution in [0.5, 0.6) is 11.5 Å². The second-order valence-corrected chi connectivity index (χ2v) is 7.31. The molecule has 3 N–H and O–H groups in total. The molecule has 1 atom stereocenters. The van der Waals surface area contributed by atoms with Crippen molar-refractivity contribution in [2.24, 2.45) is 11.1 Å². The van der Waals surface area contributed by atoms with E-state index in [2.05, 4.69) is 13.8 Å². The van der Waals surface area contributed by atoms with Crippen molar-refractivity contribution >= 4 is 0 Å². The first-order chi connectivity index (χ1) is 9.44. The molecule has 0 radical (unpaired) electrons. The SMILES string of the molecule is CC1(C)CCC(Oc2cc(C3(CN)CC3)ccc2O)C1. The molecule has 1 aromatic rings. The Morgan fingerprint density at radius 1 is 1.30 bits per heavy atom. The number of hydrogen-bond acceptors (Lipinski definition) is 3. The third-order valence-electron chi connectivity index (χ3n) is 5.03. The smallest absolute Gasteiger partial charge is 0.161 e. The highest BCUT2D eigenvalue weighted by Gasteiger charge is 2.43. The summed E-state index contributed by atoms with van der Waals surface area (Å²) in [4.78, 5) is 0. The molecule has 0 heterocycles. The monoisotopic (exact) mass is 275 g/mol. The van der Waals surface area contributed by atoms with Gasteiger partial charge in [0.15, 0.2) is 11.5 Å². The van der Waals surface area contributed by atoms with E-state index in [1.807, 2.05) is 12.1 Å². The van der Waals surface area contributed by atoms with Crippen LogP contribution < -0.4 is 10.5 Å². The Bertz CT molecular complexity index is 506. The summed E-state index contributed by atoms with van der Waals surface area (Å²) in [7, 11) is 0. The van der Waals surface area contributed by atoms with Crippen LogP contribution >= 0.6 is 0 Å². The number of benzene rings is 1. The van der Waals surface area contributed by atoms with Crippen molar-refractivity contribution in [3.05, 3.63) is 23.8 Å². The molecule has 0 saturated heterocycles. The highest BCUT2D eigenvalue weighted by atomic mass is 16.5. The average Bonchev–Trinajstić information content (AvgIpc) is 3.12. The molecule has 3 nitrogen and oxygen atoms in total. The zero-order chi connectivity index (χ0) is 14.4. The van der Waals surface area contributed by atoms with Gasteiger partial charge in [0.05, 0.1) is 6.10 Å². The number of phenolic OH excluding ortho intramolecular Hbond substituents is 1. The minimum Gasteiger partial charge on any atom is -0.504 e. The third kappa shape index (κ3) is 2.51. The van der Waals surface area contributed by atoms with Gasteiger partial charge in [0.1, 0.15) is 0 Å². The predicted molar refractivity (Wildman–Crippen MR) is 80.1 cm³/mol. The molecule has 20 heavy (non-hydrogen) atoms. The van der Waals surface area contributed by atoms with E-state index in [1.54, 1.807) is 6.07 Å². The van der Waals surface area contributed by atoms with Crippen molar-refractivity contribution in [1.29, 1.82) is 0 Å². The number of aromatic hydroxyl groups is 1. The van der Waals surface area contributed by atoms with Gasteiger partial charge in [0.25, 0.3) is 0 Å². The molecule has 2 saturated carbocycles. The lowest BCUT2D eigenvalue weighted by atomic mass is 9.92. The quantitative estimate of drug-likeness (QED) is 0.886. The van der Waals surface area contributed by atoms with Crippen LogP contribution in [0.3, 0.4) is 0 Å². The van der Waals surface area contributed by atoms with Gasteiger partial charge in [-0.3, -0.25) is 0 Å². The van der Waals surface area contributed by atoms with Gasteiger partial charge in [-0.2, -0.15) is 0 Å². The highest BCUT2D eigenvalue weighted by molar-refractivity contribution is 5.46. The van der Waals surface area contributed by atoms with E-state index in [9.17, 15) is 5.11 Å². The summed E-state index contributed by atoms with van der Waals surface area (Å²) < 4.78 is 6.06. The average molecular weight is 275 g/mol. The van der Waals surface area contributed by atoms with Crippen LogP contribution in [0.2, 0.25) is 0 Å². The van der Waals surface area contributed by atoms with E-state index >= 15 is 0 Å². The fraction of sp³-hybridized carbons (Fsp3) is 0.647. The molecular formula is C17H25NO2. The van der Waals surface area contributed by atoms with Crippen molar-refractivity contribution in [1.82, 2.24) is 0 Å². The third-order valence-corrected chi connectivity index (χ3v) is 5.03. The maximum absolute atomic E-state index is 10.0. The van der Waals surface area contributed by atoms with Gasteiger partial charge in [-0.15, -0.1) is 0 Å². The molecule has 110 valence electrons. The molecule has 1 unspecified atom stereocenters. The van der Waals surface area contributed by atoms with Crippen LogP contribution in [-0.4, -0.2) is 17.8 Å². The Morgan fingerprint density at radius 2 is 2.05 bits per heavy atom. The van der Waals surface area contributed by atoms with Gasteiger partial charge in [-0.25, -0.2) is 0 Å². The zero-order valence-corrected chi connectivity index (χ0v) is 12.5. The van der Waals surface area contributed by atoms with Gasteiger partial charge in [-0.05, 0) is 55.2 Å². The molecule has 0 aliphatic heterocycles. The molecule has 0 spiro atoms. The van der Waals surface area contributed by atoms with E-state index in [0.717, 1.165) is 25.7 Å². The number of ether oxygens (including phenoxy) is 1. The molecule has 0 amide bonds. The standard InChI is InChI=1S/C17H25NO2/c1-16(2)6-5-13(10-16)20-15-9-12(3-4-14(15)19)17(11-18)7-8-17/h3-4,9,13,19H,5-8,10-11,18H2,1-2H3. The Kier molecular flexibility index (Phi) is 3.20. The van der Waals surface area contributed by atoms with E-state index < -0.39 is 0 Å². The van der Waals surface area contributed by atoms with E-state index in [4.69, 9.17) is 10.5 Å². The maximum Gasteiger partial charge on any atom is 0.161 e. The first-order valence-electron chi connectivity index (χ1n) is 7.64. The Hall–Kier alpha value is -1.22. The van der Waals surface area contributed by atoms with Crippen molar-refractivity contribution in [2.45, 2.75) is 57.5 Å². The fourth-order valence-electron chi connectivity index (χ4n) is 3.35. The van der Waals surface area contributed by atoms with Crippen LogP contribution in [-0.2, 0) is 5.41 Å². The summed E-state index contributed by atoms with van der Waals surface area (Å²) in [6.45, 7) is 5.23. The van der Waals surface area contributed by atoms with Gasteiger partial charge >= 0.3 is 0 Å². The van der Waals surface area contributed by atoms with Crippen LogP contribution in [0.15, 0.2) is 18.2 Å². The van der Waals surface area contributed by atoms with Crippen molar-refractivity contribution in [3.63, 3.8) is 0 Å². The van der Waals surface area contributed by atoms with Crippen LogP contribution in [0.4, 0.5) is 0 Å². The summed E-state index contributed by atoms with van der Waals surface area (Å²) in [6.07, 6.45) is 5.82. The lowest BCUT2D eigenvalue weighted by Gasteiger charge is -2.20. The van der Waals surface area contributed by atoms with Crippen LogP contribution in [0.1, 0.15) is 51.5 Å². The number of phenols is 1. The molecule has 3 rings (SSSR count). The van der Waals surface area contributed by atoms with Gasteiger partial charge in [0, 0.05) is 12.0 Å². The summed E-state index contributed by atoms with van der Waals surface area (Å²) in [5.41, 5.74) is 7.59. The fourth-order valence-corrected chi connectivity index (χ4v) is 3.35.